The summed E-state index contributed by atoms with van der Waals surface area (Å²) >= 11 is 0. The number of hydrogen-bond acceptors (Lipinski definition) is 2. The summed E-state index contributed by atoms with van der Waals surface area (Å²) in [5.74, 6) is 0.784. The first kappa shape index (κ1) is 10.5. The van der Waals surface area contributed by atoms with E-state index in [4.69, 9.17) is 5.73 Å². The second kappa shape index (κ2) is 4.61. The van der Waals surface area contributed by atoms with Gasteiger partial charge in [-0.1, -0.05) is 20.3 Å². The molecule has 1 amide bonds. The molecule has 1 aliphatic rings. The Morgan fingerprint density at radius 2 is 2.38 bits per heavy atom. The number of likely N-dealkylation sites (tertiary alicyclic amines) is 1. The summed E-state index contributed by atoms with van der Waals surface area (Å²) in [6.07, 6.45) is 2.72. The van der Waals surface area contributed by atoms with E-state index >= 15 is 0 Å². The molecule has 76 valence electrons. The summed E-state index contributed by atoms with van der Waals surface area (Å²) in [6.45, 7) is 5.85. The number of nitrogens with zero attached hydrogens (tertiary/aromatic N) is 1. The predicted molar refractivity (Wildman–Crippen MR) is 53.2 cm³/mol. The highest BCUT2D eigenvalue weighted by molar-refractivity contribution is 5.76. The summed E-state index contributed by atoms with van der Waals surface area (Å²) in [5.41, 5.74) is 5.73. The van der Waals surface area contributed by atoms with Gasteiger partial charge in [0.05, 0.1) is 0 Å². The lowest BCUT2D eigenvalue weighted by Gasteiger charge is -2.17. The minimum absolute atomic E-state index is 0.209. The predicted octanol–water partition coefficient (Wildman–Crippen LogP) is 0.982. The van der Waals surface area contributed by atoms with Gasteiger partial charge in [0.15, 0.2) is 0 Å². The maximum atomic E-state index is 11.6. The first-order valence-corrected chi connectivity index (χ1v) is 5.16. The highest BCUT2D eigenvalue weighted by Crippen LogP contribution is 2.13. The van der Waals surface area contributed by atoms with Gasteiger partial charge in [0.1, 0.15) is 0 Å². The average molecular weight is 184 g/mol. The monoisotopic (exact) mass is 184 g/mol. The fourth-order valence-electron chi connectivity index (χ4n) is 1.59. The molecule has 0 radical (unpaired) electrons. The second-order valence-corrected chi connectivity index (χ2v) is 4.11. The number of carbonyl (C=O) groups is 1. The maximum absolute atomic E-state index is 11.6. The van der Waals surface area contributed by atoms with Crippen LogP contribution >= 0.6 is 0 Å². The topological polar surface area (TPSA) is 46.3 Å². The van der Waals surface area contributed by atoms with Gasteiger partial charge in [0.25, 0.3) is 0 Å². The van der Waals surface area contributed by atoms with Crippen LogP contribution in [0.3, 0.4) is 0 Å². The summed E-state index contributed by atoms with van der Waals surface area (Å²) < 4.78 is 0. The van der Waals surface area contributed by atoms with Crippen molar-refractivity contribution in [2.75, 3.05) is 13.1 Å². The Balaban J connectivity index is 2.31. The van der Waals surface area contributed by atoms with Crippen molar-refractivity contribution in [3.63, 3.8) is 0 Å². The first-order chi connectivity index (χ1) is 6.13. The van der Waals surface area contributed by atoms with Crippen molar-refractivity contribution >= 4 is 5.91 Å². The third-order valence-electron chi connectivity index (χ3n) is 2.80. The molecule has 0 spiro atoms. The second-order valence-electron chi connectivity index (χ2n) is 4.11. The molecule has 0 aromatic rings. The minimum Gasteiger partial charge on any atom is -0.341 e. The molecule has 1 saturated heterocycles. The van der Waals surface area contributed by atoms with E-state index in [2.05, 4.69) is 13.8 Å². The van der Waals surface area contributed by atoms with Gasteiger partial charge in [-0.15, -0.1) is 0 Å². The first-order valence-electron chi connectivity index (χ1n) is 5.16. The lowest BCUT2D eigenvalue weighted by Crippen LogP contribution is -2.32. The van der Waals surface area contributed by atoms with Crippen LogP contribution in [0.5, 0.6) is 0 Å². The molecule has 13 heavy (non-hydrogen) atoms. The van der Waals surface area contributed by atoms with Gasteiger partial charge in [-0.3, -0.25) is 4.79 Å². The van der Waals surface area contributed by atoms with E-state index in [9.17, 15) is 4.79 Å². The van der Waals surface area contributed by atoms with Crippen molar-refractivity contribution in [2.24, 2.45) is 11.7 Å². The average Bonchev–Trinajstić information content (AvgIpc) is 2.51. The van der Waals surface area contributed by atoms with E-state index in [1.54, 1.807) is 0 Å². The quantitative estimate of drug-likeness (QED) is 0.710. The molecule has 0 aromatic heterocycles. The molecular weight excluding hydrogens is 164 g/mol. The lowest BCUT2D eigenvalue weighted by molar-refractivity contribution is -0.131. The fourth-order valence-corrected chi connectivity index (χ4v) is 1.59. The van der Waals surface area contributed by atoms with Crippen LogP contribution in [0.15, 0.2) is 0 Å². The molecule has 2 atom stereocenters. The van der Waals surface area contributed by atoms with E-state index < -0.39 is 0 Å². The third-order valence-corrected chi connectivity index (χ3v) is 2.80. The van der Waals surface area contributed by atoms with Gasteiger partial charge in [-0.2, -0.15) is 0 Å². The Morgan fingerprint density at radius 1 is 1.69 bits per heavy atom. The molecule has 2 N–H and O–H groups in total. The Labute approximate surface area is 80.3 Å². The summed E-state index contributed by atoms with van der Waals surface area (Å²) in [7, 11) is 0. The standard InChI is InChI=1S/C10H20N2O/c1-3-8(2)6-10(13)12-5-4-9(11)7-12/h8-9H,3-7,11H2,1-2H3/t8-,9-/m1/s1. The van der Waals surface area contributed by atoms with Gasteiger partial charge >= 0.3 is 0 Å². The van der Waals surface area contributed by atoms with Crippen LogP contribution in [-0.4, -0.2) is 29.9 Å². The molecule has 3 heteroatoms. The Hall–Kier alpha value is -0.570. The lowest BCUT2D eigenvalue weighted by atomic mass is 10.0. The number of rotatable bonds is 3. The summed E-state index contributed by atoms with van der Waals surface area (Å²) in [6, 6.07) is 0.209. The third kappa shape index (κ3) is 2.99. The van der Waals surface area contributed by atoms with Crippen LogP contribution in [0.25, 0.3) is 0 Å². The van der Waals surface area contributed by atoms with E-state index in [-0.39, 0.29) is 11.9 Å². The van der Waals surface area contributed by atoms with Crippen molar-refractivity contribution in [3.8, 4) is 0 Å². The number of nitrogens with two attached hydrogens (primary N) is 1. The van der Waals surface area contributed by atoms with Gasteiger partial charge in [-0.25, -0.2) is 0 Å². The van der Waals surface area contributed by atoms with Crippen LogP contribution in [0.1, 0.15) is 33.1 Å². The Kier molecular flexibility index (Phi) is 3.72. The summed E-state index contributed by atoms with van der Waals surface area (Å²) in [5, 5.41) is 0. The van der Waals surface area contributed by atoms with Crippen LogP contribution in [0, 0.1) is 5.92 Å². The molecule has 0 bridgehead atoms. The molecule has 1 aliphatic heterocycles. The molecule has 0 aliphatic carbocycles. The molecule has 0 unspecified atom stereocenters. The van der Waals surface area contributed by atoms with Crippen molar-refractivity contribution < 1.29 is 4.79 Å². The van der Waals surface area contributed by atoms with Crippen LogP contribution in [0.2, 0.25) is 0 Å². The molecule has 1 fully saturated rings. The van der Waals surface area contributed by atoms with Crippen molar-refractivity contribution in [1.29, 1.82) is 0 Å². The van der Waals surface area contributed by atoms with Gasteiger partial charge in [0, 0.05) is 25.6 Å². The van der Waals surface area contributed by atoms with Crippen molar-refractivity contribution in [2.45, 2.75) is 39.2 Å². The van der Waals surface area contributed by atoms with E-state index in [1.165, 1.54) is 0 Å². The fraction of sp³-hybridized carbons (Fsp3) is 0.900. The van der Waals surface area contributed by atoms with Gasteiger partial charge in [0.2, 0.25) is 5.91 Å². The Morgan fingerprint density at radius 3 is 2.85 bits per heavy atom. The van der Waals surface area contributed by atoms with Crippen LogP contribution in [0.4, 0.5) is 0 Å². The zero-order valence-electron chi connectivity index (χ0n) is 8.62. The van der Waals surface area contributed by atoms with Gasteiger partial charge < -0.3 is 10.6 Å². The molecule has 0 saturated carbocycles. The molecule has 1 rings (SSSR count). The van der Waals surface area contributed by atoms with Crippen molar-refractivity contribution in [1.82, 2.24) is 4.90 Å². The van der Waals surface area contributed by atoms with E-state index in [0.29, 0.717) is 12.3 Å². The number of carbonyl (C=O) groups excluding carboxylic acids is 1. The molecule has 3 nitrogen and oxygen atoms in total. The normalized spacial score (nSPS) is 24.8. The van der Waals surface area contributed by atoms with Gasteiger partial charge in [-0.05, 0) is 12.3 Å². The van der Waals surface area contributed by atoms with Crippen LogP contribution < -0.4 is 5.73 Å². The highest BCUT2D eigenvalue weighted by atomic mass is 16.2. The van der Waals surface area contributed by atoms with E-state index in [0.717, 1.165) is 25.9 Å². The molecule has 0 aromatic carbocycles. The molecular formula is C10H20N2O. The van der Waals surface area contributed by atoms with Crippen molar-refractivity contribution in [3.05, 3.63) is 0 Å². The number of hydrogen-bond donors (Lipinski definition) is 1. The summed E-state index contributed by atoms with van der Waals surface area (Å²) in [4.78, 5) is 13.5. The number of amides is 1. The minimum atomic E-state index is 0.209. The largest absolute Gasteiger partial charge is 0.341 e. The zero-order valence-corrected chi connectivity index (χ0v) is 8.62. The smallest absolute Gasteiger partial charge is 0.222 e. The molecule has 1 heterocycles. The van der Waals surface area contributed by atoms with E-state index in [1.807, 2.05) is 4.90 Å². The zero-order chi connectivity index (χ0) is 9.84. The van der Waals surface area contributed by atoms with Crippen LogP contribution in [-0.2, 0) is 4.79 Å². The maximum Gasteiger partial charge on any atom is 0.222 e. The SMILES string of the molecule is CC[C@@H](C)CC(=O)N1CC[C@@H](N)C1. The Bertz CT molecular complexity index is 182. The highest BCUT2D eigenvalue weighted by Gasteiger charge is 2.23.